The predicted octanol–water partition coefficient (Wildman–Crippen LogP) is 0.752. The summed E-state index contributed by atoms with van der Waals surface area (Å²) < 4.78 is 1.33. The van der Waals surface area contributed by atoms with Crippen molar-refractivity contribution in [1.29, 1.82) is 0 Å². The molecule has 1 unspecified atom stereocenters. The molecule has 29 heavy (non-hydrogen) atoms. The van der Waals surface area contributed by atoms with Crippen LogP contribution in [0.1, 0.15) is 30.9 Å². The smallest absolute Gasteiger partial charge is 0.329 e. The van der Waals surface area contributed by atoms with Crippen molar-refractivity contribution in [2.45, 2.75) is 37.8 Å². The summed E-state index contributed by atoms with van der Waals surface area (Å²) in [5, 5.41) is 9.56. The van der Waals surface area contributed by atoms with Gasteiger partial charge in [0.1, 0.15) is 6.04 Å². The van der Waals surface area contributed by atoms with E-state index in [2.05, 4.69) is 15.7 Å². The van der Waals surface area contributed by atoms with E-state index in [1.807, 2.05) is 0 Å². The molecule has 1 aliphatic carbocycles. The van der Waals surface area contributed by atoms with Crippen LogP contribution < -0.4 is 21.1 Å². The number of carbonyl (C=O) groups is 3. The van der Waals surface area contributed by atoms with Gasteiger partial charge in [-0.3, -0.25) is 14.4 Å². The second-order valence-electron chi connectivity index (χ2n) is 7.16. The minimum Gasteiger partial charge on any atom is -0.352 e. The van der Waals surface area contributed by atoms with Gasteiger partial charge in [0.05, 0.1) is 24.3 Å². The molecule has 1 aromatic carbocycles. The Morgan fingerprint density at radius 2 is 1.86 bits per heavy atom. The van der Waals surface area contributed by atoms with Crippen LogP contribution in [0.15, 0.2) is 47.3 Å². The summed E-state index contributed by atoms with van der Waals surface area (Å²) in [6.07, 6.45) is 2.02. The van der Waals surface area contributed by atoms with Crippen LogP contribution in [-0.4, -0.2) is 40.2 Å². The SMILES string of the molecule is O=C(NCCn1nc(C2CC2)ccc1=O)C1CC(=O)N(c2ccccc2)C(=O)N1. The third kappa shape index (κ3) is 4.18. The van der Waals surface area contributed by atoms with Crippen molar-refractivity contribution in [1.82, 2.24) is 20.4 Å². The molecule has 0 bridgehead atoms. The molecular formula is C20H21N5O4. The van der Waals surface area contributed by atoms with E-state index in [-0.39, 0.29) is 25.1 Å². The topological polar surface area (TPSA) is 113 Å². The van der Waals surface area contributed by atoms with Crippen LogP contribution in [0, 0.1) is 0 Å². The van der Waals surface area contributed by atoms with Gasteiger partial charge in [-0.2, -0.15) is 5.10 Å². The third-order valence-electron chi connectivity index (χ3n) is 4.97. The average Bonchev–Trinajstić information content (AvgIpc) is 3.55. The van der Waals surface area contributed by atoms with Gasteiger partial charge in [0, 0.05) is 18.5 Å². The number of aromatic nitrogens is 2. The summed E-state index contributed by atoms with van der Waals surface area (Å²) in [7, 11) is 0. The van der Waals surface area contributed by atoms with Crippen LogP contribution in [0.5, 0.6) is 0 Å². The Bertz CT molecular complexity index is 981. The molecule has 4 rings (SSSR count). The fourth-order valence-corrected chi connectivity index (χ4v) is 3.27. The standard InChI is InChI=1S/C20H21N5O4/c26-17-9-8-15(13-6-7-13)23-24(17)11-10-21-19(28)16-12-18(27)25(20(29)22-16)14-4-2-1-3-5-14/h1-5,8-9,13,16H,6-7,10-12H2,(H,21,28)(H,22,29). The summed E-state index contributed by atoms with van der Waals surface area (Å²) in [5.41, 5.74) is 1.11. The molecule has 1 saturated heterocycles. The van der Waals surface area contributed by atoms with Gasteiger partial charge in [-0.25, -0.2) is 14.4 Å². The highest BCUT2D eigenvalue weighted by Crippen LogP contribution is 2.38. The Hall–Kier alpha value is -3.49. The van der Waals surface area contributed by atoms with Crippen molar-refractivity contribution in [3.05, 3.63) is 58.5 Å². The van der Waals surface area contributed by atoms with Gasteiger partial charge in [-0.1, -0.05) is 18.2 Å². The number of nitrogens with zero attached hydrogens (tertiary/aromatic N) is 3. The molecule has 9 heteroatoms. The van der Waals surface area contributed by atoms with E-state index in [0.717, 1.165) is 23.4 Å². The number of para-hydroxylation sites is 1. The summed E-state index contributed by atoms with van der Waals surface area (Å²) in [4.78, 5) is 50.1. The lowest BCUT2D eigenvalue weighted by Gasteiger charge is -2.30. The number of imide groups is 1. The second-order valence-corrected chi connectivity index (χ2v) is 7.16. The Morgan fingerprint density at radius 3 is 2.55 bits per heavy atom. The van der Waals surface area contributed by atoms with Gasteiger partial charge in [-0.05, 0) is 31.0 Å². The number of anilines is 1. The fourth-order valence-electron chi connectivity index (χ4n) is 3.27. The van der Waals surface area contributed by atoms with Crippen molar-refractivity contribution < 1.29 is 14.4 Å². The normalized spacial score (nSPS) is 19.0. The Morgan fingerprint density at radius 1 is 1.10 bits per heavy atom. The molecular weight excluding hydrogens is 374 g/mol. The van der Waals surface area contributed by atoms with E-state index < -0.39 is 23.9 Å². The maximum absolute atomic E-state index is 12.4. The van der Waals surface area contributed by atoms with Crippen molar-refractivity contribution in [2.24, 2.45) is 0 Å². The molecule has 0 radical (unpaired) electrons. The van der Waals surface area contributed by atoms with Crippen molar-refractivity contribution >= 4 is 23.5 Å². The van der Waals surface area contributed by atoms with Gasteiger partial charge >= 0.3 is 6.03 Å². The zero-order chi connectivity index (χ0) is 20.4. The van der Waals surface area contributed by atoms with Crippen LogP contribution in [0.4, 0.5) is 10.5 Å². The molecule has 1 atom stereocenters. The molecule has 1 aromatic heterocycles. The molecule has 1 aliphatic heterocycles. The molecule has 2 aliphatic rings. The van der Waals surface area contributed by atoms with Crippen molar-refractivity contribution in [3.63, 3.8) is 0 Å². The number of benzene rings is 1. The van der Waals surface area contributed by atoms with E-state index in [4.69, 9.17) is 0 Å². The summed E-state index contributed by atoms with van der Waals surface area (Å²) in [6.45, 7) is 0.388. The molecule has 2 N–H and O–H groups in total. The van der Waals surface area contributed by atoms with Gasteiger partial charge < -0.3 is 10.6 Å². The monoisotopic (exact) mass is 395 g/mol. The van der Waals surface area contributed by atoms with Crippen LogP contribution in [0.3, 0.4) is 0 Å². The van der Waals surface area contributed by atoms with E-state index >= 15 is 0 Å². The van der Waals surface area contributed by atoms with Crippen LogP contribution in [-0.2, 0) is 16.1 Å². The molecule has 2 fully saturated rings. The Kier molecular flexibility index (Phi) is 5.11. The largest absolute Gasteiger partial charge is 0.352 e. The number of urea groups is 1. The Labute approximate surface area is 166 Å². The minimum atomic E-state index is -0.947. The zero-order valence-corrected chi connectivity index (χ0v) is 15.7. The highest BCUT2D eigenvalue weighted by atomic mass is 16.2. The van der Waals surface area contributed by atoms with Gasteiger partial charge in [0.2, 0.25) is 11.8 Å². The van der Waals surface area contributed by atoms with Crippen LogP contribution in [0.2, 0.25) is 0 Å². The lowest BCUT2D eigenvalue weighted by molar-refractivity contribution is -0.127. The number of amides is 4. The first-order chi connectivity index (χ1) is 14.0. The number of rotatable bonds is 6. The quantitative estimate of drug-likeness (QED) is 0.749. The van der Waals surface area contributed by atoms with E-state index in [0.29, 0.717) is 11.6 Å². The molecule has 0 spiro atoms. The molecule has 2 heterocycles. The van der Waals surface area contributed by atoms with Crippen molar-refractivity contribution in [2.75, 3.05) is 11.4 Å². The summed E-state index contributed by atoms with van der Waals surface area (Å²) in [5.74, 6) is -0.492. The number of carbonyl (C=O) groups excluding carboxylic acids is 3. The fraction of sp³-hybridized carbons (Fsp3) is 0.350. The van der Waals surface area contributed by atoms with E-state index in [9.17, 15) is 19.2 Å². The number of hydrogen-bond acceptors (Lipinski definition) is 5. The first kappa shape index (κ1) is 18.9. The molecule has 9 nitrogen and oxygen atoms in total. The Balaban J connectivity index is 1.33. The average molecular weight is 395 g/mol. The third-order valence-corrected chi connectivity index (χ3v) is 4.97. The van der Waals surface area contributed by atoms with Gasteiger partial charge in [0.15, 0.2) is 0 Å². The molecule has 4 amide bonds. The predicted molar refractivity (Wildman–Crippen MR) is 104 cm³/mol. The highest BCUT2D eigenvalue weighted by Gasteiger charge is 2.36. The van der Waals surface area contributed by atoms with Crippen LogP contribution >= 0.6 is 0 Å². The number of hydrogen-bond donors (Lipinski definition) is 2. The number of nitrogens with one attached hydrogen (secondary N) is 2. The van der Waals surface area contributed by atoms with Gasteiger partial charge in [0.25, 0.3) is 5.56 Å². The van der Waals surface area contributed by atoms with E-state index in [1.165, 1.54) is 10.7 Å². The van der Waals surface area contributed by atoms with E-state index in [1.54, 1.807) is 36.4 Å². The first-order valence-electron chi connectivity index (χ1n) is 9.57. The maximum Gasteiger partial charge on any atom is 0.329 e. The lowest BCUT2D eigenvalue weighted by Crippen LogP contribution is -2.59. The second kappa shape index (κ2) is 7.86. The highest BCUT2D eigenvalue weighted by molar-refractivity contribution is 6.18. The zero-order valence-electron chi connectivity index (χ0n) is 15.7. The van der Waals surface area contributed by atoms with Crippen molar-refractivity contribution in [3.8, 4) is 0 Å². The molecule has 150 valence electrons. The molecule has 2 aromatic rings. The van der Waals surface area contributed by atoms with Crippen LogP contribution in [0.25, 0.3) is 0 Å². The summed E-state index contributed by atoms with van der Waals surface area (Å²) in [6, 6.07) is 10.2. The first-order valence-corrected chi connectivity index (χ1v) is 9.57. The summed E-state index contributed by atoms with van der Waals surface area (Å²) >= 11 is 0. The maximum atomic E-state index is 12.4. The van der Waals surface area contributed by atoms with Gasteiger partial charge in [-0.15, -0.1) is 0 Å². The molecule has 1 saturated carbocycles. The lowest BCUT2D eigenvalue weighted by atomic mass is 10.1. The minimum absolute atomic E-state index is 0.137.